The fourth-order valence-corrected chi connectivity index (χ4v) is 3.93. The van der Waals surface area contributed by atoms with Gasteiger partial charge in [0, 0.05) is 5.56 Å². The third kappa shape index (κ3) is 4.58. The first-order valence-corrected chi connectivity index (χ1v) is 10.2. The fraction of sp³-hybridized carbons (Fsp3) is 0.136. The number of para-hydroxylation sites is 1. The average molecular weight is 444 g/mol. The number of carbonyl (C=O) groups is 2. The number of halogens is 1. The van der Waals surface area contributed by atoms with E-state index in [4.69, 9.17) is 21.1 Å². The van der Waals surface area contributed by atoms with Crippen molar-refractivity contribution in [3.8, 4) is 5.75 Å². The Labute approximate surface area is 182 Å². The zero-order valence-corrected chi connectivity index (χ0v) is 17.8. The summed E-state index contributed by atoms with van der Waals surface area (Å²) < 4.78 is 10.4. The maximum atomic E-state index is 12.6. The number of carbonyl (C=O) groups excluding carboxylic acids is 2. The molecule has 0 radical (unpaired) electrons. The third-order valence-corrected chi connectivity index (χ3v) is 5.45. The second-order valence-electron chi connectivity index (χ2n) is 6.00. The highest BCUT2D eigenvalue weighted by molar-refractivity contribution is 8.18. The van der Waals surface area contributed by atoms with Gasteiger partial charge in [0.2, 0.25) is 0 Å². The van der Waals surface area contributed by atoms with E-state index in [1.54, 1.807) is 43.3 Å². The smallest absolute Gasteiger partial charge is 0.344 e. The zero-order chi connectivity index (χ0) is 21.7. The van der Waals surface area contributed by atoms with Gasteiger partial charge in [-0.3, -0.25) is 4.79 Å². The molecule has 30 heavy (non-hydrogen) atoms. The van der Waals surface area contributed by atoms with Gasteiger partial charge >= 0.3 is 5.97 Å². The molecule has 0 bridgehead atoms. The predicted octanol–water partition coefficient (Wildman–Crippen LogP) is 5.05. The summed E-state index contributed by atoms with van der Waals surface area (Å²) in [5, 5.41) is 11.0. The van der Waals surface area contributed by atoms with Crippen molar-refractivity contribution < 1.29 is 24.2 Å². The van der Waals surface area contributed by atoms with Gasteiger partial charge in [-0.15, -0.1) is 0 Å². The first kappa shape index (κ1) is 21.7. The van der Waals surface area contributed by atoms with E-state index < -0.39 is 11.9 Å². The molecule has 0 saturated carbocycles. The Balaban J connectivity index is 2.06. The lowest BCUT2D eigenvalue weighted by molar-refractivity contribution is -0.138. The Bertz CT molecular complexity index is 1090. The number of nitrogens with zero attached hydrogens (tertiary/aromatic N) is 1. The minimum absolute atomic E-state index is 0.0389. The van der Waals surface area contributed by atoms with E-state index in [0.29, 0.717) is 16.2 Å². The van der Waals surface area contributed by atoms with E-state index in [1.165, 1.54) is 13.2 Å². The number of methoxy groups -OCH3 is 1. The zero-order valence-electron chi connectivity index (χ0n) is 16.2. The van der Waals surface area contributed by atoms with Crippen LogP contribution in [-0.2, 0) is 9.53 Å². The van der Waals surface area contributed by atoms with Crippen LogP contribution in [0, 0.1) is 0 Å². The monoisotopic (exact) mass is 443 g/mol. The van der Waals surface area contributed by atoms with Crippen molar-refractivity contribution in [2.24, 2.45) is 4.99 Å². The minimum Gasteiger partial charge on any atom is -0.506 e. The van der Waals surface area contributed by atoms with Crippen LogP contribution in [0.3, 0.4) is 0 Å². The number of aliphatic hydroxyl groups is 1. The molecule has 1 amide bonds. The quantitative estimate of drug-likeness (QED) is 0.651. The second-order valence-corrected chi connectivity index (χ2v) is 7.44. The van der Waals surface area contributed by atoms with Crippen molar-refractivity contribution in [2.75, 3.05) is 13.7 Å². The Hall–Kier alpha value is -3.03. The molecule has 0 unspecified atom stereocenters. The van der Waals surface area contributed by atoms with Crippen LogP contribution in [-0.4, -0.2) is 35.7 Å². The van der Waals surface area contributed by atoms with Crippen molar-refractivity contribution in [2.45, 2.75) is 6.92 Å². The molecule has 6 nitrogen and oxygen atoms in total. The number of hydrogen-bond donors (Lipinski definition) is 1. The average Bonchev–Trinajstić information content (AvgIpc) is 3.03. The van der Waals surface area contributed by atoms with E-state index in [9.17, 15) is 14.7 Å². The molecular formula is C22H18ClNO5S. The number of rotatable bonds is 5. The topological polar surface area (TPSA) is 85.2 Å². The summed E-state index contributed by atoms with van der Waals surface area (Å²) in [7, 11) is 1.54. The third-order valence-electron chi connectivity index (χ3n) is 4.10. The number of amides is 1. The molecule has 1 N–H and O–H groups in total. The van der Waals surface area contributed by atoms with Gasteiger partial charge in [0.15, 0.2) is 0 Å². The van der Waals surface area contributed by atoms with Gasteiger partial charge in [0.1, 0.15) is 22.1 Å². The second kappa shape index (κ2) is 9.65. The molecule has 0 spiro atoms. The van der Waals surface area contributed by atoms with Crippen LogP contribution in [0.15, 0.2) is 69.8 Å². The maximum absolute atomic E-state index is 12.6. The highest BCUT2D eigenvalue weighted by Crippen LogP contribution is 2.40. The predicted molar refractivity (Wildman–Crippen MR) is 118 cm³/mol. The van der Waals surface area contributed by atoms with Crippen LogP contribution < -0.4 is 4.74 Å². The van der Waals surface area contributed by atoms with Crippen LogP contribution >= 0.6 is 23.4 Å². The van der Waals surface area contributed by atoms with Gasteiger partial charge in [0.05, 0.1) is 29.2 Å². The van der Waals surface area contributed by atoms with Gasteiger partial charge < -0.3 is 14.6 Å². The van der Waals surface area contributed by atoms with Crippen molar-refractivity contribution in [3.63, 3.8) is 0 Å². The molecule has 2 aromatic carbocycles. The molecule has 0 fully saturated rings. The summed E-state index contributed by atoms with van der Waals surface area (Å²) in [6.07, 6.45) is 1.65. The van der Waals surface area contributed by atoms with Crippen LogP contribution in [0.25, 0.3) is 6.08 Å². The molecule has 2 aromatic rings. The summed E-state index contributed by atoms with van der Waals surface area (Å²) in [6.45, 7) is 1.76. The van der Waals surface area contributed by atoms with Crippen LogP contribution in [0.1, 0.15) is 22.8 Å². The van der Waals surface area contributed by atoms with Gasteiger partial charge in [-0.05, 0) is 31.2 Å². The van der Waals surface area contributed by atoms with Gasteiger partial charge in [-0.1, -0.05) is 53.7 Å². The Morgan fingerprint density at radius 1 is 1.17 bits per heavy atom. The SMILES string of the molecule is CCOC(=O)C1=C(O)/C(=C/c2ccccc2OC)SC1=NC(=O)c1ccccc1Cl. The standard InChI is InChI=1S/C22H18ClNO5S/c1-3-29-22(27)18-19(25)17(12-13-8-4-7-11-16(13)28-2)30-21(18)24-20(26)14-9-5-6-10-15(14)23/h4-12,25H,3H2,1-2H3/b17-12-,24-21?. The lowest BCUT2D eigenvalue weighted by Crippen LogP contribution is -2.14. The summed E-state index contributed by atoms with van der Waals surface area (Å²) in [5.74, 6) is -1.11. The maximum Gasteiger partial charge on any atom is 0.344 e. The molecular weight excluding hydrogens is 426 g/mol. The molecule has 8 heteroatoms. The molecule has 154 valence electrons. The summed E-state index contributed by atoms with van der Waals surface area (Å²) in [6, 6.07) is 13.7. The fourth-order valence-electron chi connectivity index (χ4n) is 2.71. The first-order valence-electron chi connectivity index (χ1n) is 8.97. The highest BCUT2D eigenvalue weighted by Gasteiger charge is 2.34. The van der Waals surface area contributed by atoms with E-state index >= 15 is 0 Å². The highest BCUT2D eigenvalue weighted by atomic mass is 35.5. The van der Waals surface area contributed by atoms with E-state index in [0.717, 1.165) is 11.8 Å². The molecule has 1 heterocycles. The number of aliphatic imine (C=N–C) groups is 1. The summed E-state index contributed by atoms with van der Waals surface area (Å²) in [5.41, 5.74) is 0.719. The van der Waals surface area contributed by atoms with Crippen molar-refractivity contribution in [1.29, 1.82) is 0 Å². The van der Waals surface area contributed by atoms with Crippen LogP contribution in [0.4, 0.5) is 0 Å². The molecule has 3 rings (SSSR count). The van der Waals surface area contributed by atoms with E-state index in [1.807, 2.05) is 12.1 Å². The van der Waals surface area contributed by atoms with Gasteiger partial charge in [-0.2, -0.15) is 0 Å². The Kier molecular flexibility index (Phi) is 6.97. The molecule has 0 saturated heterocycles. The normalized spacial score (nSPS) is 16.2. The number of ether oxygens (including phenoxy) is 2. The summed E-state index contributed by atoms with van der Waals surface area (Å²) >= 11 is 7.07. The van der Waals surface area contributed by atoms with Crippen molar-refractivity contribution in [1.82, 2.24) is 0 Å². The first-order chi connectivity index (χ1) is 14.5. The molecule has 0 aliphatic carbocycles. The number of esters is 1. The summed E-state index contributed by atoms with van der Waals surface area (Å²) in [4.78, 5) is 29.5. The largest absolute Gasteiger partial charge is 0.506 e. The van der Waals surface area contributed by atoms with Crippen LogP contribution in [0.5, 0.6) is 5.75 Å². The van der Waals surface area contributed by atoms with E-state index in [2.05, 4.69) is 4.99 Å². The van der Waals surface area contributed by atoms with E-state index in [-0.39, 0.29) is 33.6 Å². The van der Waals surface area contributed by atoms with Crippen LogP contribution in [0.2, 0.25) is 5.02 Å². The van der Waals surface area contributed by atoms with Gasteiger partial charge in [0.25, 0.3) is 5.91 Å². The number of aliphatic hydroxyl groups excluding tert-OH is 1. The Morgan fingerprint density at radius 2 is 1.87 bits per heavy atom. The number of benzene rings is 2. The number of hydrogen-bond acceptors (Lipinski definition) is 6. The molecule has 0 aromatic heterocycles. The number of thioether (sulfide) groups is 1. The lowest BCUT2D eigenvalue weighted by atomic mass is 10.1. The molecule has 1 aliphatic heterocycles. The van der Waals surface area contributed by atoms with Gasteiger partial charge in [-0.25, -0.2) is 9.79 Å². The molecule has 1 aliphatic rings. The van der Waals surface area contributed by atoms with Crippen molar-refractivity contribution in [3.05, 3.63) is 80.9 Å². The van der Waals surface area contributed by atoms with Crippen molar-refractivity contribution >= 4 is 46.4 Å². The molecule has 0 atom stereocenters. The Morgan fingerprint density at radius 3 is 2.57 bits per heavy atom. The minimum atomic E-state index is -0.767. The lowest BCUT2D eigenvalue weighted by Gasteiger charge is -2.05.